The van der Waals surface area contributed by atoms with Gasteiger partial charge in [-0.3, -0.25) is 4.90 Å². The van der Waals surface area contributed by atoms with Gasteiger partial charge in [0.05, 0.1) is 5.69 Å². The van der Waals surface area contributed by atoms with E-state index in [1.807, 2.05) is 35.6 Å². The molecule has 0 bridgehead atoms. The predicted octanol–water partition coefficient (Wildman–Crippen LogP) is 3.66. The van der Waals surface area contributed by atoms with Gasteiger partial charge >= 0.3 is 0 Å². The molecule has 5 nitrogen and oxygen atoms in total. The number of benzene rings is 1. The van der Waals surface area contributed by atoms with Crippen LogP contribution in [0.2, 0.25) is 0 Å². The van der Waals surface area contributed by atoms with Crippen LogP contribution < -0.4 is 4.90 Å². The fourth-order valence-electron chi connectivity index (χ4n) is 3.23. The van der Waals surface area contributed by atoms with Crippen LogP contribution in [-0.4, -0.2) is 47.6 Å². The summed E-state index contributed by atoms with van der Waals surface area (Å²) < 4.78 is 5.80. The van der Waals surface area contributed by atoms with Crippen molar-refractivity contribution in [3.8, 4) is 0 Å². The van der Waals surface area contributed by atoms with Crippen molar-refractivity contribution >= 4 is 27.6 Å². The Morgan fingerprint density at radius 3 is 2.60 bits per heavy atom. The van der Waals surface area contributed by atoms with Crippen molar-refractivity contribution in [2.75, 3.05) is 37.6 Å². The second-order valence-electron chi connectivity index (χ2n) is 6.65. The predicted molar refractivity (Wildman–Crippen MR) is 103 cm³/mol. The van der Waals surface area contributed by atoms with Crippen LogP contribution in [0.25, 0.3) is 11.1 Å². The molecule has 0 unspecified atom stereocenters. The molecule has 0 amide bonds. The molecule has 0 spiro atoms. The molecule has 0 radical (unpaired) electrons. The Morgan fingerprint density at radius 2 is 1.88 bits per heavy atom. The number of aromatic nitrogens is 2. The summed E-state index contributed by atoms with van der Waals surface area (Å²) in [5, 5.41) is 1.18. The highest BCUT2D eigenvalue weighted by atomic mass is 32.1. The Bertz CT molecular complexity index is 796. The van der Waals surface area contributed by atoms with Gasteiger partial charge in [0.25, 0.3) is 0 Å². The van der Waals surface area contributed by atoms with Crippen molar-refractivity contribution in [1.29, 1.82) is 0 Å². The van der Waals surface area contributed by atoms with Gasteiger partial charge in [0.2, 0.25) is 0 Å². The Balaban J connectivity index is 1.24. The SMILES string of the molecule is Cc1nc(N2CCN(CCCc3nc4ccccc4o3)CC2)sc1C. The van der Waals surface area contributed by atoms with Gasteiger partial charge in [0.1, 0.15) is 5.52 Å². The summed E-state index contributed by atoms with van der Waals surface area (Å²) in [5.74, 6) is 0.855. The molecule has 1 aliphatic rings. The molecule has 2 aromatic heterocycles. The summed E-state index contributed by atoms with van der Waals surface area (Å²) in [6, 6.07) is 7.97. The van der Waals surface area contributed by atoms with Crippen LogP contribution in [0.1, 0.15) is 22.9 Å². The van der Waals surface area contributed by atoms with E-state index in [9.17, 15) is 0 Å². The van der Waals surface area contributed by atoms with Crippen LogP contribution in [0.4, 0.5) is 5.13 Å². The molecule has 1 aromatic carbocycles. The van der Waals surface area contributed by atoms with Gasteiger partial charge in [-0.15, -0.1) is 11.3 Å². The minimum atomic E-state index is 0.855. The van der Waals surface area contributed by atoms with Crippen LogP contribution in [0, 0.1) is 13.8 Å². The van der Waals surface area contributed by atoms with Crippen molar-refractivity contribution in [3.05, 3.63) is 40.7 Å². The zero-order chi connectivity index (χ0) is 17.2. The Kier molecular flexibility index (Phi) is 4.72. The Labute approximate surface area is 152 Å². The first-order chi connectivity index (χ1) is 12.2. The molecule has 4 rings (SSSR count). The molecule has 6 heteroatoms. The summed E-state index contributed by atoms with van der Waals surface area (Å²) in [6.45, 7) is 9.68. The summed E-state index contributed by atoms with van der Waals surface area (Å²) in [7, 11) is 0. The molecule has 1 saturated heterocycles. The summed E-state index contributed by atoms with van der Waals surface area (Å²) >= 11 is 1.81. The molecular weight excluding hydrogens is 332 g/mol. The lowest BCUT2D eigenvalue weighted by Crippen LogP contribution is -2.46. The van der Waals surface area contributed by atoms with E-state index >= 15 is 0 Å². The quantitative estimate of drug-likeness (QED) is 0.698. The smallest absolute Gasteiger partial charge is 0.195 e. The number of hydrogen-bond acceptors (Lipinski definition) is 6. The highest BCUT2D eigenvalue weighted by molar-refractivity contribution is 7.15. The summed E-state index contributed by atoms with van der Waals surface area (Å²) in [4.78, 5) is 15.5. The van der Waals surface area contributed by atoms with Crippen molar-refractivity contribution in [2.45, 2.75) is 26.7 Å². The maximum absolute atomic E-state index is 5.80. The maximum atomic E-state index is 5.80. The van der Waals surface area contributed by atoms with E-state index in [-0.39, 0.29) is 0 Å². The lowest BCUT2D eigenvalue weighted by Gasteiger charge is -2.34. The molecule has 0 saturated carbocycles. The Morgan fingerprint density at radius 1 is 1.08 bits per heavy atom. The number of oxazole rings is 1. The number of nitrogens with zero attached hydrogens (tertiary/aromatic N) is 4. The van der Waals surface area contributed by atoms with Crippen LogP contribution in [0.15, 0.2) is 28.7 Å². The van der Waals surface area contributed by atoms with Gasteiger partial charge in [-0.1, -0.05) is 12.1 Å². The highest BCUT2D eigenvalue weighted by Gasteiger charge is 2.19. The average molecular weight is 356 g/mol. The number of rotatable bonds is 5. The first-order valence-electron chi connectivity index (χ1n) is 8.95. The molecule has 132 valence electrons. The third-order valence-electron chi connectivity index (χ3n) is 4.86. The normalized spacial score (nSPS) is 16.0. The molecule has 1 aliphatic heterocycles. The van der Waals surface area contributed by atoms with Gasteiger partial charge < -0.3 is 9.32 Å². The van der Waals surface area contributed by atoms with Gasteiger partial charge in [0, 0.05) is 37.5 Å². The van der Waals surface area contributed by atoms with Crippen molar-refractivity contribution < 1.29 is 4.42 Å². The number of anilines is 1. The minimum absolute atomic E-state index is 0.855. The van der Waals surface area contributed by atoms with Crippen LogP contribution >= 0.6 is 11.3 Å². The van der Waals surface area contributed by atoms with Crippen molar-refractivity contribution in [3.63, 3.8) is 0 Å². The molecule has 25 heavy (non-hydrogen) atoms. The summed E-state index contributed by atoms with van der Waals surface area (Å²) in [5.41, 5.74) is 3.01. The van der Waals surface area contributed by atoms with E-state index in [0.29, 0.717) is 0 Å². The molecule has 0 aliphatic carbocycles. The van der Waals surface area contributed by atoms with Gasteiger partial charge in [-0.2, -0.15) is 0 Å². The number of fused-ring (bicyclic) bond motifs is 1. The average Bonchev–Trinajstić information content (AvgIpc) is 3.18. The van der Waals surface area contributed by atoms with E-state index in [1.165, 1.54) is 15.7 Å². The van der Waals surface area contributed by atoms with Gasteiger partial charge in [-0.05, 0) is 38.9 Å². The third-order valence-corrected chi connectivity index (χ3v) is 6.00. The lowest BCUT2D eigenvalue weighted by atomic mass is 10.2. The fraction of sp³-hybridized carbons (Fsp3) is 0.474. The van der Waals surface area contributed by atoms with Crippen molar-refractivity contribution in [2.24, 2.45) is 0 Å². The highest BCUT2D eigenvalue weighted by Crippen LogP contribution is 2.26. The van der Waals surface area contributed by atoms with E-state index in [1.54, 1.807) is 0 Å². The molecule has 3 heterocycles. The standard InChI is InChI=1S/C19H24N4OS/c1-14-15(2)25-19(20-14)23-12-10-22(11-13-23)9-5-8-18-21-16-6-3-4-7-17(16)24-18/h3-4,6-7H,5,8-13H2,1-2H3. The lowest BCUT2D eigenvalue weighted by molar-refractivity contribution is 0.253. The molecule has 1 fully saturated rings. The minimum Gasteiger partial charge on any atom is -0.441 e. The van der Waals surface area contributed by atoms with E-state index in [0.717, 1.165) is 62.6 Å². The number of piperazine rings is 1. The molecule has 0 atom stereocenters. The van der Waals surface area contributed by atoms with Crippen LogP contribution in [-0.2, 0) is 6.42 Å². The van der Waals surface area contributed by atoms with E-state index in [2.05, 4.69) is 33.6 Å². The third kappa shape index (κ3) is 3.70. The fourth-order valence-corrected chi connectivity index (χ4v) is 4.20. The van der Waals surface area contributed by atoms with Gasteiger partial charge in [-0.25, -0.2) is 9.97 Å². The topological polar surface area (TPSA) is 45.4 Å². The van der Waals surface area contributed by atoms with E-state index in [4.69, 9.17) is 4.42 Å². The molecule has 3 aromatic rings. The maximum Gasteiger partial charge on any atom is 0.195 e. The second-order valence-corrected chi connectivity index (χ2v) is 7.83. The Hall–Kier alpha value is -1.92. The second kappa shape index (κ2) is 7.14. The molecule has 0 N–H and O–H groups in total. The number of aryl methyl sites for hydroxylation is 3. The largest absolute Gasteiger partial charge is 0.441 e. The van der Waals surface area contributed by atoms with E-state index < -0.39 is 0 Å². The first kappa shape index (κ1) is 16.5. The van der Waals surface area contributed by atoms with Crippen LogP contribution in [0.5, 0.6) is 0 Å². The zero-order valence-corrected chi connectivity index (χ0v) is 15.7. The molecular formula is C19H24N4OS. The van der Waals surface area contributed by atoms with Crippen molar-refractivity contribution in [1.82, 2.24) is 14.9 Å². The summed E-state index contributed by atoms with van der Waals surface area (Å²) in [6.07, 6.45) is 1.99. The zero-order valence-electron chi connectivity index (χ0n) is 14.9. The number of para-hydroxylation sites is 2. The number of hydrogen-bond donors (Lipinski definition) is 0. The monoisotopic (exact) mass is 356 g/mol. The van der Waals surface area contributed by atoms with Gasteiger partial charge in [0.15, 0.2) is 16.6 Å². The van der Waals surface area contributed by atoms with Crippen LogP contribution in [0.3, 0.4) is 0 Å². The number of thiazole rings is 1. The first-order valence-corrected chi connectivity index (χ1v) is 9.76.